The number of carbonyl (C=O) groups is 2. The molecule has 4 heteroatoms. The maximum atomic E-state index is 10.0. The van der Waals surface area contributed by atoms with Crippen LogP contribution in [0.25, 0.3) is 0 Å². The molecule has 0 saturated carbocycles. The first-order valence-corrected chi connectivity index (χ1v) is 2.02. The van der Waals surface area contributed by atoms with Gasteiger partial charge in [-0.2, -0.15) is 0 Å². The first kappa shape index (κ1) is 8.78. The second-order valence-corrected chi connectivity index (χ2v) is 1.35. The SMILES string of the molecule is O=C1CCC(=O)O1.[K]. The summed E-state index contributed by atoms with van der Waals surface area (Å²) in [7, 11) is 0. The van der Waals surface area contributed by atoms with Gasteiger partial charge in [-0.3, -0.25) is 9.59 Å². The van der Waals surface area contributed by atoms with E-state index in [1.54, 1.807) is 0 Å². The largest absolute Gasteiger partial charge is 0.393 e. The summed E-state index contributed by atoms with van der Waals surface area (Å²) in [5, 5.41) is 0. The fraction of sp³-hybridized carbons (Fsp3) is 0.500. The number of hydrogen-bond donors (Lipinski definition) is 0. The van der Waals surface area contributed by atoms with Crippen LogP contribution in [0.1, 0.15) is 12.8 Å². The minimum atomic E-state index is -0.398. The van der Waals surface area contributed by atoms with E-state index in [2.05, 4.69) is 4.74 Å². The van der Waals surface area contributed by atoms with Crippen LogP contribution in [0, 0.1) is 0 Å². The number of esters is 2. The molecule has 0 unspecified atom stereocenters. The minimum Gasteiger partial charge on any atom is -0.393 e. The van der Waals surface area contributed by atoms with Crippen LogP contribution in [0.15, 0.2) is 0 Å². The van der Waals surface area contributed by atoms with Gasteiger partial charge in [-0.1, -0.05) is 0 Å². The van der Waals surface area contributed by atoms with Crippen molar-refractivity contribution in [2.45, 2.75) is 12.8 Å². The van der Waals surface area contributed by atoms with E-state index >= 15 is 0 Å². The standard InChI is InChI=1S/C4H4O3.K/c5-3-1-2-4(6)7-3;/h1-2H2;. The summed E-state index contributed by atoms with van der Waals surface area (Å²) < 4.78 is 4.08. The number of cyclic esters (lactones) is 2. The summed E-state index contributed by atoms with van der Waals surface area (Å²) in [6.45, 7) is 0. The molecule has 0 aromatic heterocycles. The molecule has 0 bridgehead atoms. The van der Waals surface area contributed by atoms with Gasteiger partial charge in [0.2, 0.25) is 0 Å². The molecule has 1 rings (SSSR count). The number of rotatable bonds is 0. The molecule has 1 radical (unpaired) electrons. The quantitative estimate of drug-likeness (QED) is 0.257. The molecule has 3 nitrogen and oxygen atoms in total. The van der Waals surface area contributed by atoms with E-state index in [9.17, 15) is 9.59 Å². The van der Waals surface area contributed by atoms with Crippen LogP contribution in [0.5, 0.6) is 0 Å². The summed E-state index contributed by atoms with van der Waals surface area (Å²) in [4.78, 5) is 20.0. The topological polar surface area (TPSA) is 43.4 Å². The van der Waals surface area contributed by atoms with Crippen molar-refractivity contribution in [1.82, 2.24) is 0 Å². The molecule has 8 heavy (non-hydrogen) atoms. The van der Waals surface area contributed by atoms with Crippen LogP contribution >= 0.6 is 0 Å². The van der Waals surface area contributed by atoms with Crippen molar-refractivity contribution in [2.24, 2.45) is 0 Å². The molecule has 0 amide bonds. The van der Waals surface area contributed by atoms with Crippen molar-refractivity contribution in [2.75, 3.05) is 0 Å². The first-order chi connectivity index (χ1) is 3.29. The molecule has 0 atom stereocenters. The van der Waals surface area contributed by atoms with Crippen molar-refractivity contribution < 1.29 is 14.3 Å². The van der Waals surface area contributed by atoms with Gasteiger partial charge in [0, 0.05) is 51.4 Å². The third kappa shape index (κ3) is 2.37. The van der Waals surface area contributed by atoms with E-state index < -0.39 is 11.9 Å². The summed E-state index contributed by atoms with van der Waals surface area (Å²) in [6, 6.07) is 0. The third-order valence-corrected chi connectivity index (χ3v) is 0.761. The van der Waals surface area contributed by atoms with Crippen LogP contribution in [-0.2, 0) is 14.3 Å². The Labute approximate surface area is 89.2 Å². The Bertz CT molecular complexity index is 106. The second-order valence-electron chi connectivity index (χ2n) is 1.35. The van der Waals surface area contributed by atoms with Crippen molar-refractivity contribution in [1.29, 1.82) is 0 Å². The molecule has 1 saturated heterocycles. The monoisotopic (exact) mass is 139 g/mol. The van der Waals surface area contributed by atoms with Crippen molar-refractivity contribution in [3.05, 3.63) is 0 Å². The predicted molar refractivity (Wildman–Crippen MR) is 26.1 cm³/mol. The molecule has 0 aromatic carbocycles. The maximum Gasteiger partial charge on any atom is 0.314 e. The van der Waals surface area contributed by atoms with Crippen LogP contribution in [0.2, 0.25) is 0 Å². The Hall–Kier alpha value is 0.776. The Morgan fingerprint density at radius 3 is 1.62 bits per heavy atom. The van der Waals surface area contributed by atoms with Gasteiger partial charge in [0.15, 0.2) is 0 Å². The van der Waals surface area contributed by atoms with Crippen LogP contribution in [0.3, 0.4) is 0 Å². The van der Waals surface area contributed by atoms with Crippen LogP contribution < -0.4 is 0 Å². The predicted octanol–water partition coefficient (Wildman–Crippen LogP) is -0.531. The van der Waals surface area contributed by atoms with Gasteiger partial charge in [-0.05, 0) is 0 Å². The second kappa shape index (κ2) is 3.74. The van der Waals surface area contributed by atoms with E-state index in [-0.39, 0.29) is 64.2 Å². The van der Waals surface area contributed by atoms with Gasteiger partial charge < -0.3 is 4.74 Å². The normalized spacial score (nSPS) is 17.5. The van der Waals surface area contributed by atoms with Crippen molar-refractivity contribution in [3.8, 4) is 0 Å². The minimum absolute atomic E-state index is 0. The average Bonchev–Trinajstić information content (AvgIpc) is 1.87. The molecular weight excluding hydrogens is 135 g/mol. The molecule has 39 valence electrons. The first-order valence-electron chi connectivity index (χ1n) is 2.02. The smallest absolute Gasteiger partial charge is 0.314 e. The fourth-order valence-corrected chi connectivity index (χ4v) is 0.433. The Morgan fingerprint density at radius 2 is 1.50 bits per heavy atom. The zero-order valence-corrected chi connectivity index (χ0v) is 7.76. The number of hydrogen-bond acceptors (Lipinski definition) is 3. The fourth-order valence-electron chi connectivity index (χ4n) is 0.433. The van der Waals surface area contributed by atoms with Gasteiger partial charge in [-0.15, -0.1) is 0 Å². The van der Waals surface area contributed by atoms with Gasteiger partial charge >= 0.3 is 11.9 Å². The summed E-state index contributed by atoms with van der Waals surface area (Å²) >= 11 is 0. The molecule has 0 aromatic rings. The molecule has 0 aliphatic carbocycles. The molecule has 1 heterocycles. The Balaban J connectivity index is 0.000000490. The van der Waals surface area contributed by atoms with E-state index in [0.717, 1.165) is 0 Å². The molecule has 1 fully saturated rings. The molecule has 1 aliphatic heterocycles. The molecular formula is C4H4KO3. The van der Waals surface area contributed by atoms with E-state index in [1.165, 1.54) is 0 Å². The van der Waals surface area contributed by atoms with Gasteiger partial charge in [0.1, 0.15) is 0 Å². The van der Waals surface area contributed by atoms with Crippen LogP contribution in [-0.4, -0.2) is 63.3 Å². The van der Waals surface area contributed by atoms with Crippen molar-refractivity contribution >= 4 is 63.3 Å². The van der Waals surface area contributed by atoms with E-state index in [1.807, 2.05) is 0 Å². The Morgan fingerprint density at radius 1 is 1.12 bits per heavy atom. The maximum absolute atomic E-state index is 10.0. The zero-order valence-electron chi connectivity index (χ0n) is 4.64. The number of ether oxygens (including phenoxy) is 1. The third-order valence-electron chi connectivity index (χ3n) is 0.761. The van der Waals surface area contributed by atoms with Crippen molar-refractivity contribution in [3.63, 3.8) is 0 Å². The van der Waals surface area contributed by atoms with Crippen LogP contribution in [0.4, 0.5) is 0 Å². The summed E-state index contributed by atoms with van der Waals surface area (Å²) in [6.07, 6.45) is 0.525. The summed E-state index contributed by atoms with van der Waals surface area (Å²) in [5.41, 5.74) is 0. The average molecular weight is 139 g/mol. The van der Waals surface area contributed by atoms with E-state index in [4.69, 9.17) is 0 Å². The zero-order chi connectivity index (χ0) is 5.28. The Kier molecular flexibility index (Phi) is 4.10. The summed E-state index contributed by atoms with van der Waals surface area (Å²) in [5.74, 6) is -0.796. The molecule has 0 N–H and O–H groups in total. The van der Waals surface area contributed by atoms with Gasteiger partial charge in [-0.25, -0.2) is 0 Å². The van der Waals surface area contributed by atoms with E-state index in [0.29, 0.717) is 0 Å². The van der Waals surface area contributed by atoms with Gasteiger partial charge in [0.25, 0.3) is 0 Å². The van der Waals surface area contributed by atoms with Gasteiger partial charge in [0.05, 0.1) is 12.8 Å². The molecule has 1 aliphatic rings. The molecule has 0 spiro atoms. The number of carbonyl (C=O) groups excluding carboxylic acids is 2.